The molecular formula is C13H19NO. The molecule has 2 N–H and O–H groups in total. The van der Waals surface area contributed by atoms with Crippen LogP contribution in [0.15, 0.2) is 24.3 Å². The van der Waals surface area contributed by atoms with E-state index in [1.807, 2.05) is 32.9 Å². The van der Waals surface area contributed by atoms with Gasteiger partial charge in [0.1, 0.15) is 5.75 Å². The van der Waals surface area contributed by atoms with Crippen molar-refractivity contribution in [1.29, 1.82) is 0 Å². The van der Waals surface area contributed by atoms with Crippen LogP contribution in [0.4, 0.5) is 5.69 Å². The van der Waals surface area contributed by atoms with Gasteiger partial charge in [-0.1, -0.05) is 19.8 Å². The topological polar surface area (TPSA) is 35.2 Å². The fourth-order valence-electron chi connectivity index (χ4n) is 0.983. The fourth-order valence-corrected chi connectivity index (χ4v) is 0.983. The van der Waals surface area contributed by atoms with E-state index in [2.05, 4.69) is 11.8 Å². The molecule has 1 unspecified atom stereocenters. The summed E-state index contributed by atoms with van der Waals surface area (Å²) in [6.07, 6.45) is -0.0753. The highest BCUT2D eigenvalue weighted by Gasteiger charge is 1.97. The summed E-state index contributed by atoms with van der Waals surface area (Å²) in [5, 5.41) is 0. The molecule has 0 aliphatic rings. The van der Waals surface area contributed by atoms with Crippen LogP contribution in [0.1, 0.15) is 27.7 Å². The molecule has 82 valence electrons. The fraction of sp³-hybridized carbons (Fsp3) is 0.385. The van der Waals surface area contributed by atoms with E-state index in [1.54, 1.807) is 19.1 Å². The molecule has 0 saturated carbocycles. The lowest BCUT2D eigenvalue weighted by Gasteiger charge is -2.08. The van der Waals surface area contributed by atoms with Gasteiger partial charge in [0.15, 0.2) is 6.10 Å². The molecule has 0 aromatic heterocycles. The van der Waals surface area contributed by atoms with Crippen molar-refractivity contribution in [1.82, 2.24) is 0 Å². The molecular weight excluding hydrogens is 186 g/mol. The third-order valence-electron chi connectivity index (χ3n) is 1.54. The summed E-state index contributed by atoms with van der Waals surface area (Å²) < 4.78 is 5.48. The van der Waals surface area contributed by atoms with Crippen LogP contribution in [-0.2, 0) is 0 Å². The Hall–Kier alpha value is -1.62. The molecule has 0 amide bonds. The van der Waals surface area contributed by atoms with E-state index in [1.165, 1.54) is 0 Å². The maximum absolute atomic E-state index is 5.53. The van der Waals surface area contributed by atoms with E-state index in [9.17, 15) is 0 Å². The van der Waals surface area contributed by atoms with Gasteiger partial charge in [0, 0.05) is 5.69 Å². The van der Waals surface area contributed by atoms with Crippen LogP contribution in [0, 0.1) is 11.8 Å². The summed E-state index contributed by atoms with van der Waals surface area (Å²) in [5.74, 6) is 6.50. The molecule has 0 aliphatic carbocycles. The standard InChI is InChI=1S/C11H13NO.C2H6/c1-3-4-9(2)13-11-7-5-10(12)6-8-11;1-2/h5-9H,12H2,1-2H3;1-2H3. The van der Waals surface area contributed by atoms with Gasteiger partial charge in [0.25, 0.3) is 0 Å². The molecule has 1 rings (SSSR count). The summed E-state index contributed by atoms with van der Waals surface area (Å²) in [4.78, 5) is 0. The molecule has 0 aliphatic heterocycles. The quantitative estimate of drug-likeness (QED) is 0.595. The average molecular weight is 205 g/mol. The highest BCUT2D eigenvalue weighted by molar-refractivity contribution is 5.41. The van der Waals surface area contributed by atoms with Gasteiger partial charge in [-0.3, -0.25) is 0 Å². The SMILES string of the molecule is CC.CC#CC(C)Oc1ccc(N)cc1. The molecule has 0 heterocycles. The van der Waals surface area contributed by atoms with Crippen molar-refractivity contribution in [2.75, 3.05) is 5.73 Å². The molecule has 0 radical (unpaired) electrons. The van der Waals surface area contributed by atoms with Gasteiger partial charge >= 0.3 is 0 Å². The zero-order valence-electron chi connectivity index (χ0n) is 9.87. The summed E-state index contributed by atoms with van der Waals surface area (Å²) in [5.41, 5.74) is 6.27. The Kier molecular flexibility index (Phi) is 6.92. The second-order valence-corrected chi connectivity index (χ2v) is 2.72. The average Bonchev–Trinajstić information content (AvgIpc) is 2.25. The van der Waals surface area contributed by atoms with Crippen LogP contribution in [0.25, 0.3) is 0 Å². The number of ether oxygens (including phenoxy) is 1. The van der Waals surface area contributed by atoms with Crippen molar-refractivity contribution < 1.29 is 4.74 Å². The van der Waals surface area contributed by atoms with E-state index >= 15 is 0 Å². The van der Waals surface area contributed by atoms with Crippen molar-refractivity contribution in [2.24, 2.45) is 0 Å². The summed E-state index contributed by atoms with van der Waals surface area (Å²) in [6, 6.07) is 7.29. The maximum Gasteiger partial charge on any atom is 0.156 e. The van der Waals surface area contributed by atoms with Crippen molar-refractivity contribution in [3.8, 4) is 17.6 Å². The first-order chi connectivity index (χ1) is 7.22. The highest BCUT2D eigenvalue weighted by atomic mass is 16.5. The van der Waals surface area contributed by atoms with Gasteiger partial charge < -0.3 is 10.5 Å². The lowest BCUT2D eigenvalue weighted by Crippen LogP contribution is -2.08. The van der Waals surface area contributed by atoms with Crippen molar-refractivity contribution in [3.63, 3.8) is 0 Å². The molecule has 15 heavy (non-hydrogen) atoms. The largest absolute Gasteiger partial charge is 0.478 e. The van der Waals surface area contributed by atoms with Gasteiger partial charge in [-0.15, -0.1) is 5.92 Å². The zero-order chi connectivity index (χ0) is 11.7. The van der Waals surface area contributed by atoms with Gasteiger partial charge in [0.2, 0.25) is 0 Å². The van der Waals surface area contributed by atoms with Crippen LogP contribution < -0.4 is 10.5 Å². The predicted molar refractivity (Wildman–Crippen MR) is 65.7 cm³/mol. The molecule has 0 fully saturated rings. The maximum atomic E-state index is 5.53. The number of anilines is 1. The Morgan fingerprint density at radius 2 is 1.73 bits per heavy atom. The Morgan fingerprint density at radius 3 is 2.20 bits per heavy atom. The van der Waals surface area contributed by atoms with Gasteiger partial charge in [-0.25, -0.2) is 0 Å². The summed E-state index contributed by atoms with van der Waals surface area (Å²) in [6.45, 7) is 7.70. The number of rotatable bonds is 2. The van der Waals surface area contributed by atoms with Crippen molar-refractivity contribution in [2.45, 2.75) is 33.8 Å². The second kappa shape index (κ2) is 7.75. The van der Waals surface area contributed by atoms with Crippen LogP contribution in [-0.4, -0.2) is 6.10 Å². The molecule has 0 saturated heterocycles. The molecule has 0 spiro atoms. The Bertz CT molecular complexity index is 319. The molecule has 1 atom stereocenters. The first-order valence-electron chi connectivity index (χ1n) is 5.17. The minimum atomic E-state index is -0.0753. The number of benzene rings is 1. The smallest absolute Gasteiger partial charge is 0.156 e. The Morgan fingerprint density at radius 1 is 1.20 bits per heavy atom. The molecule has 1 aromatic rings. The summed E-state index contributed by atoms with van der Waals surface area (Å²) >= 11 is 0. The predicted octanol–water partition coefficient (Wildman–Crippen LogP) is 3.09. The third kappa shape index (κ3) is 5.64. The Labute approximate surface area is 92.4 Å². The Balaban J connectivity index is 0.000000921. The van der Waals surface area contributed by atoms with Crippen LogP contribution in [0.3, 0.4) is 0 Å². The molecule has 2 nitrogen and oxygen atoms in total. The highest BCUT2D eigenvalue weighted by Crippen LogP contribution is 2.14. The normalized spacial score (nSPS) is 10.1. The van der Waals surface area contributed by atoms with Gasteiger partial charge in [0.05, 0.1) is 0 Å². The van der Waals surface area contributed by atoms with Crippen molar-refractivity contribution in [3.05, 3.63) is 24.3 Å². The number of nitrogens with two attached hydrogens (primary N) is 1. The molecule has 0 bridgehead atoms. The number of hydrogen-bond donors (Lipinski definition) is 1. The van der Waals surface area contributed by atoms with E-state index in [-0.39, 0.29) is 6.10 Å². The summed E-state index contributed by atoms with van der Waals surface area (Å²) in [7, 11) is 0. The molecule has 1 aromatic carbocycles. The van der Waals surface area contributed by atoms with E-state index in [0.717, 1.165) is 11.4 Å². The van der Waals surface area contributed by atoms with E-state index in [4.69, 9.17) is 10.5 Å². The lowest BCUT2D eigenvalue weighted by atomic mass is 10.3. The zero-order valence-corrected chi connectivity index (χ0v) is 9.87. The number of hydrogen-bond acceptors (Lipinski definition) is 2. The van der Waals surface area contributed by atoms with E-state index < -0.39 is 0 Å². The first kappa shape index (κ1) is 13.4. The third-order valence-corrected chi connectivity index (χ3v) is 1.54. The van der Waals surface area contributed by atoms with Crippen LogP contribution in [0.5, 0.6) is 5.75 Å². The first-order valence-corrected chi connectivity index (χ1v) is 5.17. The number of nitrogen functional groups attached to an aromatic ring is 1. The molecule has 2 heteroatoms. The minimum Gasteiger partial charge on any atom is -0.478 e. The van der Waals surface area contributed by atoms with Crippen molar-refractivity contribution >= 4 is 5.69 Å². The minimum absolute atomic E-state index is 0.0753. The van der Waals surface area contributed by atoms with Crippen LogP contribution >= 0.6 is 0 Å². The lowest BCUT2D eigenvalue weighted by molar-refractivity contribution is 0.279. The van der Waals surface area contributed by atoms with Crippen LogP contribution in [0.2, 0.25) is 0 Å². The van der Waals surface area contributed by atoms with Gasteiger partial charge in [-0.05, 0) is 38.1 Å². The second-order valence-electron chi connectivity index (χ2n) is 2.72. The van der Waals surface area contributed by atoms with Gasteiger partial charge in [-0.2, -0.15) is 0 Å². The van der Waals surface area contributed by atoms with E-state index in [0.29, 0.717) is 0 Å². The monoisotopic (exact) mass is 205 g/mol.